The Kier molecular flexibility index (Phi) is 4.25. The molecule has 0 bridgehead atoms. The maximum Gasteiger partial charge on any atom is 0.435 e. The van der Waals surface area contributed by atoms with Gasteiger partial charge < -0.3 is 4.74 Å². The van der Waals surface area contributed by atoms with Crippen molar-refractivity contribution in [3.05, 3.63) is 77.0 Å². The highest BCUT2D eigenvalue weighted by atomic mass is 19.4. The van der Waals surface area contributed by atoms with E-state index in [-0.39, 0.29) is 11.4 Å². The number of benzene rings is 2. The number of carbonyl (C=O) groups excluding carboxylic acids is 1. The lowest BCUT2D eigenvalue weighted by atomic mass is 9.88. The third-order valence-corrected chi connectivity index (χ3v) is 4.84. The van der Waals surface area contributed by atoms with Crippen LogP contribution in [-0.2, 0) is 11.0 Å². The van der Waals surface area contributed by atoms with E-state index in [0.29, 0.717) is 11.3 Å². The van der Waals surface area contributed by atoms with E-state index in [2.05, 4.69) is 5.10 Å². The standard InChI is InChI=1S/C21H17F3N2O2/c1-12-8-10-14(11-9-12)18-16(13(2)27)17-19(21(22,23)24)25-26(20(17)28-18)15-6-4-3-5-7-15/h3-11,16,18H,1-2H3/t16-,18+/m0/s1. The Balaban J connectivity index is 1.92. The van der Waals surface area contributed by atoms with Gasteiger partial charge in [0.2, 0.25) is 5.88 Å². The van der Waals surface area contributed by atoms with Crippen molar-refractivity contribution in [2.45, 2.75) is 32.0 Å². The molecule has 0 unspecified atom stereocenters. The van der Waals surface area contributed by atoms with E-state index in [1.807, 2.05) is 19.1 Å². The van der Waals surface area contributed by atoms with Crippen molar-refractivity contribution >= 4 is 5.78 Å². The number of nitrogens with zero attached hydrogens (tertiary/aromatic N) is 2. The SMILES string of the molecule is CC(=O)[C@H]1c2c(C(F)(F)F)nn(-c3ccccc3)c2O[C@@H]1c1ccc(C)cc1. The van der Waals surface area contributed by atoms with E-state index in [1.54, 1.807) is 42.5 Å². The molecule has 4 nitrogen and oxygen atoms in total. The molecule has 0 spiro atoms. The molecule has 0 N–H and O–H groups in total. The highest BCUT2D eigenvalue weighted by Crippen LogP contribution is 2.52. The van der Waals surface area contributed by atoms with E-state index in [0.717, 1.165) is 10.2 Å². The first-order valence-corrected chi connectivity index (χ1v) is 8.76. The van der Waals surface area contributed by atoms with Gasteiger partial charge in [-0.25, -0.2) is 4.68 Å². The predicted octanol–water partition coefficient (Wildman–Crippen LogP) is 5.01. The maximum absolute atomic E-state index is 13.7. The fourth-order valence-electron chi connectivity index (χ4n) is 3.53. The molecule has 1 aliphatic rings. The summed E-state index contributed by atoms with van der Waals surface area (Å²) in [5.41, 5.74) is 0.802. The first-order chi connectivity index (χ1) is 13.3. The Morgan fingerprint density at radius 1 is 1.07 bits per heavy atom. The number of aryl methyl sites for hydroxylation is 1. The molecular formula is C21H17F3N2O2. The maximum atomic E-state index is 13.7. The Labute approximate surface area is 159 Å². The van der Waals surface area contributed by atoms with E-state index in [4.69, 9.17) is 4.74 Å². The van der Waals surface area contributed by atoms with Crippen molar-refractivity contribution in [3.63, 3.8) is 0 Å². The van der Waals surface area contributed by atoms with Crippen LogP contribution in [0.15, 0.2) is 54.6 Å². The second-order valence-electron chi connectivity index (χ2n) is 6.85. The zero-order valence-electron chi connectivity index (χ0n) is 15.2. The Bertz CT molecular complexity index is 1020. The molecule has 2 atom stereocenters. The van der Waals surface area contributed by atoms with Gasteiger partial charge in [-0.2, -0.15) is 18.3 Å². The Hall–Kier alpha value is -3.09. The van der Waals surface area contributed by atoms with Gasteiger partial charge in [-0.15, -0.1) is 0 Å². The molecule has 1 aliphatic heterocycles. The Morgan fingerprint density at radius 2 is 1.71 bits per heavy atom. The summed E-state index contributed by atoms with van der Waals surface area (Å²) in [6, 6.07) is 15.7. The average Bonchev–Trinajstić information content (AvgIpc) is 3.19. The number of alkyl halides is 3. The molecule has 3 aromatic rings. The number of rotatable bonds is 3. The summed E-state index contributed by atoms with van der Waals surface area (Å²) in [5.74, 6) is -1.52. The highest BCUT2D eigenvalue weighted by Gasteiger charge is 2.50. The molecule has 1 aromatic heterocycles. The zero-order chi connectivity index (χ0) is 20.1. The van der Waals surface area contributed by atoms with E-state index in [1.165, 1.54) is 6.92 Å². The zero-order valence-corrected chi connectivity index (χ0v) is 15.2. The van der Waals surface area contributed by atoms with Crippen molar-refractivity contribution in [3.8, 4) is 11.6 Å². The van der Waals surface area contributed by atoms with Crippen LogP contribution in [0.5, 0.6) is 5.88 Å². The van der Waals surface area contributed by atoms with Crippen molar-refractivity contribution in [1.29, 1.82) is 0 Å². The van der Waals surface area contributed by atoms with Gasteiger partial charge in [0.15, 0.2) is 5.69 Å². The van der Waals surface area contributed by atoms with Gasteiger partial charge in [-0.3, -0.25) is 4.79 Å². The second-order valence-corrected chi connectivity index (χ2v) is 6.85. The van der Waals surface area contributed by atoms with Crippen molar-refractivity contribution in [2.75, 3.05) is 0 Å². The molecule has 4 rings (SSSR count). The van der Waals surface area contributed by atoms with Crippen LogP contribution in [0.3, 0.4) is 0 Å². The number of aromatic nitrogens is 2. The quantitative estimate of drug-likeness (QED) is 0.636. The number of ketones is 1. The average molecular weight is 386 g/mol. The second kappa shape index (κ2) is 6.51. The van der Waals surface area contributed by atoms with Gasteiger partial charge in [-0.1, -0.05) is 48.0 Å². The lowest BCUT2D eigenvalue weighted by Gasteiger charge is -2.19. The molecule has 0 saturated heterocycles. The number of halogens is 3. The number of carbonyl (C=O) groups is 1. The summed E-state index contributed by atoms with van der Waals surface area (Å²) < 4.78 is 48.3. The number of Topliss-reactive ketones (excluding diaryl/α,β-unsaturated/α-hetero) is 1. The van der Waals surface area contributed by atoms with Gasteiger partial charge >= 0.3 is 6.18 Å². The first-order valence-electron chi connectivity index (χ1n) is 8.76. The number of fused-ring (bicyclic) bond motifs is 1. The highest BCUT2D eigenvalue weighted by molar-refractivity contribution is 5.86. The summed E-state index contributed by atoms with van der Waals surface area (Å²) >= 11 is 0. The molecule has 28 heavy (non-hydrogen) atoms. The molecule has 144 valence electrons. The van der Waals surface area contributed by atoms with E-state index in [9.17, 15) is 18.0 Å². The topological polar surface area (TPSA) is 44.1 Å². The summed E-state index contributed by atoms with van der Waals surface area (Å²) in [4.78, 5) is 12.4. The van der Waals surface area contributed by atoms with Crippen LogP contribution < -0.4 is 4.74 Å². The van der Waals surface area contributed by atoms with Crippen LogP contribution in [0.4, 0.5) is 13.2 Å². The minimum atomic E-state index is -4.71. The van der Waals surface area contributed by atoms with Gasteiger partial charge in [0.05, 0.1) is 17.2 Å². The minimum Gasteiger partial charge on any atom is -0.468 e. The van der Waals surface area contributed by atoms with Crippen LogP contribution in [0.2, 0.25) is 0 Å². The third kappa shape index (κ3) is 2.96. The number of ether oxygens (including phenoxy) is 1. The van der Waals surface area contributed by atoms with Crippen LogP contribution >= 0.6 is 0 Å². The molecule has 0 fully saturated rings. The van der Waals surface area contributed by atoms with E-state index < -0.39 is 29.7 Å². The lowest BCUT2D eigenvalue weighted by Crippen LogP contribution is -2.20. The fourth-order valence-corrected chi connectivity index (χ4v) is 3.53. The number of para-hydroxylation sites is 1. The molecule has 7 heteroatoms. The molecule has 0 aliphatic carbocycles. The van der Waals surface area contributed by atoms with Crippen molar-refractivity contribution < 1.29 is 22.7 Å². The molecule has 0 saturated carbocycles. The summed E-state index contributed by atoms with van der Waals surface area (Å²) in [6.45, 7) is 3.19. The fraction of sp³-hybridized carbons (Fsp3) is 0.238. The first kappa shape index (κ1) is 18.3. The minimum absolute atomic E-state index is 0.0377. The summed E-state index contributed by atoms with van der Waals surface area (Å²) in [5, 5.41) is 3.76. The van der Waals surface area contributed by atoms with Gasteiger partial charge in [-0.05, 0) is 31.5 Å². The summed E-state index contributed by atoms with van der Waals surface area (Å²) in [6.07, 6.45) is -5.54. The smallest absolute Gasteiger partial charge is 0.435 e. The molecule has 0 radical (unpaired) electrons. The van der Waals surface area contributed by atoms with Crippen LogP contribution in [0, 0.1) is 6.92 Å². The Morgan fingerprint density at radius 3 is 2.29 bits per heavy atom. The van der Waals surface area contributed by atoms with Gasteiger partial charge in [0.1, 0.15) is 11.9 Å². The number of hydrogen-bond donors (Lipinski definition) is 0. The predicted molar refractivity (Wildman–Crippen MR) is 96.5 cm³/mol. The molecular weight excluding hydrogens is 369 g/mol. The van der Waals surface area contributed by atoms with E-state index >= 15 is 0 Å². The summed E-state index contributed by atoms with van der Waals surface area (Å²) in [7, 11) is 0. The third-order valence-electron chi connectivity index (χ3n) is 4.84. The van der Waals surface area contributed by atoms with Gasteiger partial charge in [0, 0.05) is 0 Å². The van der Waals surface area contributed by atoms with Gasteiger partial charge in [0.25, 0.3) is 0 Å². The molecule has 2 heterocycles. The van der Waals surface area contributed by atoms with Crippen molar-refractivity contribution in [2.24, 2.45) is 0 Å². The van der Waals surface area contributed by atoms with Crippen LogP contribution in [0.25, 0.3) is 5.69 Å². The van der Waals surface area contributed by atoms with Crippen molar-refractivity contribution in [1.82, 2.24) is 9.78 Å². The lowest BCUT2D eigenvalue weighted by molar-refractivity contribution is -0.142. The normalized spacial score (nSPS) is 18.6. The monoisotopic (exact) mass is 386 g/mol. The number of hydrogen-bond acceptors (Lipinski definition) is 3. The largest absolute Gasteiger partial charge is 0.468 e. The van der Waals surface area contributed by atoms with Crippen LogP contribution in [0.1, 0.15) is 41.3 Å². The molecule has 2 aromatic carbocycles. The van der Waals surface area contributed by atoms with Crippen LogP contribution in [-0.4, -0.2) is 15.6 Å². The molecule has 0 amide bonds.